The zero-order chi connectivity index (χ0) is 14.7. The molecular weight excluding hydrogens is 330 g/mol. The zero-order valence-electron chi connectivity index (χ0n) is 12.2. The molecule has 1 fully saturated rings. The van der Waals surface area contributed by atoms with Crippen LogP contribution in [0, 0.1) is 5.92 Å². The lowest BCUT2D eigenvalue weighted by molar-refractivity contribution is -0.123. The van der Waals surface area contributed by atoms with Crippen LogP contribution in [0.3, 0.4) is 0 Å². The molecule has 1 saturated carbocycles. The molecule has 21 heavy (non-hydrogen) atoms. The van der Waals surface area contributed by atoms with E-state index in [1.807, 2.05) is 12.1 Å². The number of hydrogen-bond donors (Lipinski definition) is 1. The molecule has 4 heteroatoms. The molecule has 1 aromatic carbocycles. The van der Waals surface area contributed by atoms with Crippen molar-refractivity contribution in [2.45, 2.75) is 51.0 Å². The van der Waals surface area contributed by atoms with Crippen LogP contribution in [0.2, 0.25) is 0 Å². The van der Waals surface area contributed by atoms with Crippen molar-refractivity contribution in [1.29, 1.82) is 0 Å². The second-order valence-electron chi connectivity index (χ2n) is 6.15. The van der Waals surface area contributed by atoms with Crippen molar-refractivity contribution in [2.24, 2.45) is 5.92 Å². The lowest BCUT2D eigenvalue weighted by Crippen LogP contribution is -2.33. The Kier molecular flexibility index (Phi) is 4.84. The van der Waals surface area contributed by atoms with E-state index in [9.17, 15) is 4.79 Å². The van der Waals surface area contributed by atoms with Gasteiger partial charge in [0.05, 0.1) is 12.6 Å². The average Bonchev–Trinajstić information content (AvgIpc) is 2.49. The van der Waals surface area contributed by atoms with E-state index in [-0.39, 0.29) is 11.9 Å². The molecule has 0 saturated heterocycles. The highest BCUT2D eigenvalue weighted by molar-refractivity contribution is 9.10. The molecular formula is C17H22BrNO2. The van der Waals surface area contributed by atoms with Crippen LogP contribution in [0.15, 0.2) is 22.7 Å². The van der Waals surface area contributed by atoms with Crippen LogP contribution in [0.25, 0.3) is 0 Å². The van der Waals surface area contributed by atoms with Gasteiger partial charge in [0.1, 0.15) is 5.75 Å². The summed E-state index contributed by atoms with van der Waals surface area (Å²) in [5.41, 5.74) is 1.09. The van der Waals surface area contributed by atoms with Crippen LogP contribution in [0.1, 0.15) is 56.6 Å². The fraction of sp³-hybridized carbons (Fsp3) is 0.588. The number of carbonyl (C=O) groups is 1. The van der Waals surface area contributed by atoms with E-state index < -0.39 is 0 Å². The summed E-state index contributed by atoms with van der Waals surface area (Å²) in [6.45, 7) is 0.670. The Bertz CT molecular complexity index is 512. The summed E-state index contributed by atoms with van der Waals surface area (Å²) in [5.74, 6) is 1.67. The molecule has 1 unspecified atom stereocenters. The Hall–Kier alpha value is -1.03. The van der Waals surface area contributed by atoms with Crippen molar-refractivity contribution < 1.29 is 9.53 Å². The topological polar surface area (TPSA) is 38.3 Å². The van der Waals surface area contributed by atoms with Crippen molar-refractivity contribution in [3.05, 3.63) is 28.2 Å². The van der Waals surface area contributed by atoms with Crippen molar-refractivity contribution in [1.82, 2.24) is 5.32 Å². The smallest absolute Gasteiger partial charge is 0.220 e. The van der Waals surface area contributed by atoms with Gasteiger partial charge in [0.15, 0.2) is 0 Å². The first-order valence-corrected chi connectivity index (χ1v) is 8.73. The molecule has 0 radical (unpaired) electrons. The molecule has 1 aliphatic heterocycles. The minimum atomic E-state index is 0.0855. The SMILES string of the molecule is O=C(CC1CCCCC1)NC1CCOc2ccc(Br)cc21. The monoisotopic (exact) mass is 351 g/mol. The Morgan fingerprint density at radius 2 is 2.05 bits per heavy atom. The standard InChI is InChI=1S/C17H22BrNO2/c18-13-6-7-16-14(11-13)15(8-9-21-16)19-17(20)10-12-4-2-1-3-5-12/h6-7,11-12,15H,1-5,8-10H2,(H,19,20). The fourth-order valence-corrected chi connectivity index (χ4v) is 3.80. The van der Waals surface area contributed by atoms with E-state index in [0.717, 1.165) is 22.2 Å². The van der Waals surface area contributed by atoms with E-state index in [1.165, 1.54) is 32.1 Å². The molecule has 0 spiro atoms. The summed E-state index contributed by atoms with van der Waals surface area (Å²) in [4.78, 5) is 12.3. The highest BCUT2D eigenvalue weighted by atomic mass is 79.9. The lowest BCUT2D eigenvalue weighted by atomic mass is 9.86. The highest BCUT2D eigenvalue weighted by Gasteiger charge is 2.24. The Balaban J connectivity index is 1.63. The number of benzene rings is 1. The van der Waals surface area contributed by atoms with Gasteiger partial charge < -0.3 is 10.1 Å². The summed E-state index contributed by atoms with van der Waals surface area (Å²) in [7, 11) is 0. The molecule has 0 bridgehead atoms. The van der Waals surface area contributed by atoms with E-state index in [4.69, 9.17) is 4.74 Å². The van der Waals surface area contributed by atoms with Gasteiger partial charge >= 0.3 is 0 Å². The van der Waals surface area contributed by atoms with Gasteiger partial charge in [0.25, 0.3) is 0 Å². The summed E-state index contributed by atoms with van der Waals surface area (Å²) in [5, 5.41) is 3.21. The van der Waals surface area contributed by atoms with Crippen molar-refractivity contribution in [3.8, 4) is 5.75 Å². The van der Waals surface area contributed by atoms with Crippen LogP contribution in [0.5, 0.6) is 5.75 Å². The maximum Gasteiger partial charge on any atom is 0.220 e. The maximum absolute atomic E-state index is 12.3. The van der Waals surface area contributed by atoms with E-state index in [1.54, 1.807) is 0 Å². The van der Waals surface area contributed by atoms with Crippen molar-refractivity contribution in [2.75, 3.05) is 6.61 Å². The van der Waals surface area contributed by atoms with Crippen LogP contribution in [-0.4, -0.2) is 12.5 Å². The minimum Gasteiger partial charge on any atom is -0.493 e. The number of fused-ring (bicyclic) bond motifs is 1. The number of nitrogens with one attached hydrogen (secondary N) is 1. The molecule has 1 heterocycles. The number of carbonyl (C=O) groups excluding carboxylic acids is 1. The predicted octanol–water partition coefficient (Wildman–Crippen LogP) is 4.36. The molecule has 0 aromatic heterocycles. The number of amides is 1. The fourth-order valence-electron chi connectivity index (χ4n) is 3.42. The Labute approximate surface area is 134 Å². The second-order valence-corrected chi connectivity index (χ2v) is 7.06. The van der Waals surface area contributed by atoms with Gasteiger partial charge in [-0.2, -0.15) is 0 Å². The van der Waals surface area contributed by atoms with Gasteiger partial charge in [-0.3, -0.25) is 4.79 Å². The molecule has 3 nitrogen and oxygen atoms in total. The first kappa shape index (κ1) is 14.9. The molecule has 1 aliphatic carbocycles. The van der Waals surface area contributed by atoms with Gasteiger partial charge in [-0.1, -0.05) is 35.2 Å². The molecule has 1 atom stereocenters. The lowest BCUT2D eigenvalue weighted by Gasteiger charge is -2.28. The van der Waals surface area contributed by atoms with E-state index >= 15 is 0 Å². The quantitative estimate of drug-likeness (QED) is 0.878. The molecule has 1 aromatic rings. The maximum atomic E-state index is 12.3. The third kappa shape index (κ3) is 3.79. The average molecular weight is 352 g/mol. The zero-order valence-corrected chi connectivity index (χ0v) is 13.8. The molecule has 1 amide bonds. The van der Waals surface area contributed by atoms with Gasteiger partial charge in [-0.15, -0.1) is 0 Å². The number of halogens is 1. The predicted molar refractivity (Wildman–Crippen MR) is 86.3 cm³/mol. The third-order valence-corrected chi connectivity index (χ3v) is 5.04. The Morgan fingerprint density at radius 1 is 1.24 bits per heavy atom. The second kappa shape index (κ2) is 6.82. The molecule has 1 N–H and O–H groups in total. The van der Waals surface area contributed by atoms with Crippen molar-refractivity contribution in [3.63, 3.8) is 0 Å². The normalized spacial score (nSPS) is 22.2. The van der Waals surface area contributed by atoms with E-state index in [0.29, 0.717) is 18.9 Å². The molecule has 114 valence electrons. The van der Waals surface area contributed by atoms with E-state index in [2.05, 4.69) is 27.3 Å². The van der Waals surface area contributed by atoms with Gasteiger partial charge in [-0.05, 0) is 37.0 Å². The van der Waals surface area contributed by atoms with Crippen LogP contribution in [-0.2, 0) is 4.79 Å². The summed E-state index contributed by atoms with van der Waals surface area (Å²) in [6, 6.07) is 6.09. The van der Waals surface area contributed by atoms with Gasteiger partial charge in [0, 0.05) is 22.9 Å². The summed E-state index contributed by atoms with van der Waals surface area (Å²) >= 11 is 3.50. The molecule has 3 rings (SSSR count). The summed E-state index contributed by atoms with van der Waals surface area (Å²) in [6.07, 6.45) is 7.85. The first-order valence-electron chi connectivity index (χ1n) is 7.94. The third-order valence-electron chi connectivity index (χ3n) is 4.55. The van der Waals surface area contributed by atoms with Gasteiger partial charge in [-0.25, -0.2) is 0 Å². The largest absolute Gasteiger partial charge is 0.493 e. The molecule has 2 aliphatic rings. The number of hydrogen-bond acceptors (Lipinski definition) is 2. The number of ether oxygens (including phenoxy) is 1. The Morgan fingerprint density at radius 3 is 2.86 bits per heavy atom. The minimum absolute atomic E-state index is 0.0855. The summed E-state index contributed by atoms with van der Waals surface area (Å²) < 4.78 is 6.69. The van der Waals surface area contributed by atoms with Crippen LogP contribution >= 0.6 is 15.9 Å². The van der Waals surface area contributed by atoms with Crippen LogP contribution < -0.4 is 10.1 Å². The van der Waals surface area contributed by atoms with Crippen LogP contribution in [0.4, 0.5) is 0 Å². The highest BCUT2D eigenvalue weighted by Crippen LogP contribution is 2.34. The number of rotatable bonds is 3. The van der Waals surface area contributed by atoms with Crippen molar-refractivity contribution >= 4 is 21.8 Å². The first-order chi connectivity index (χ1) is 10.2. The van der Waals surface area contributed by atoms with Gasteiger partial charge in [0.2, 0.25) is 5.91 Å².